The first-order valence-electron chi connectivity index (χ1n) is 6.57. The maximum atomic E-state index is 13.4. The van der Waals surface area contributed by atoms with Crippen LogP contribution in [0.1, 0.15) is 18.1 Å². The van der Waals surface area contributed by atoms with Gasteiger partial charge >= 0.3 is 0 Å². The minimum absolute atomic E-state index is 0.0106. The van der Waals surface area contributed by atoms with Crippen molar-refractivity contribution in [3.63, 3.8) is 0 Å². The molecule has 1 unspecified atom stereocenters. The van der Waals surface area contributed by atoms with E-state index in [-0.39, 0.29) is 17.7 Å². The molecule has 112 valence electrons. The molecular weight excluding hydrogens is 312 g/mol. The summed E-state index contributed by atoms with van der Waals surface area (Å²) >= 11 is 11.9. The fourth-order valence-electron chi connectivity index (χ4n) is 2.01. The maximum absolute atomic E-state index is 13.4. The van der Waals surface area contributed by atoms with Gasteiger partial charge in [-0.25, -0.2) is 4.39 Å². The average molecular weight is 328 g/mol. The summed E-state index contributed by atoms with van der Waals surface area (Å²) in [5.74, 6) is 0.224. The summed E-state index contributed by atoms with van der Waals surface area (Å²) in [4.78, 5) is 0. The summed E-state index contributed by atoms with van der Waals surface area (Å²) in [7, 11) is 0. The van der Waals surface area contributed by atoms with E-state index in [1.165, 1.54) is 6.07 Å². The van der Waals surface area contributed by atoms with E-state index in [9.17, 15) is 4.39 Å². The molecular formula is C16H16Cl2FNO. The standard InChI is InChI=1S/C16H16Cl2FNO/c1-10(20)7-12-8-13(17)5-6-15(12)21-9-11-3-2-4-14(19)16(11)18/h2-6,8,10H,7,9,20H2,1H3. The van der Waals surface area contributed by atoms with Crippen molar-refractivity contribution in [3.8, 4) is 5.75 Å². The Bertz CT molecular complexity index is 632. The normalized spacial score (nSPS) is 12.2. The van der Waals surface area contributed by atoms with E-state index in [2.05, 4.69) is 0 Å². The number of halogens is 3. The summed E-state index contributed by atoms with van der Waals surface area (Å²) in [5, 5.41) is 0.710. The molecule has 21 heavy (non-hydrogen) atoms. The smallest absolute Gasteiger partial charge is 0.142 e. The molecule has 2 nitrogen and oxygen atoms in total. The lowest BCUT2D eigenvalue weighted by Gasteiger charge is -2.14. The van der Waals surface area contributed by atoms with E-state index in [0.717, 1.165) is 5.56 Å². The second kappa shape index (κ2) is 7.12. The molecule has 0 aliphatic carbocycles. The van der Waals surface area contributed by atoms with Gasteiger partial charge in [0.1, 0.15) is 18.2 Å². The Morgan fingerprint density at radius 2 is 1.95 bits per heavy atom. The number of hydrogen-bond donors (Lipinski definition) is 1. The lowest BCUT2D eigenvalue weighted by Crippen LogP contribution is -2.18. The molecule has 0 spiro atoms. The van der Waals surface area contributed by atoms with E-state index < -0.39 is 5.82 Å². The second-order valence-corrected chi connectivity index (χ2v) is 5.75. The molecule has 0 aromatic heterocycles. The van der Waals surface area contributed by atoms with Gasteiger partial charge in [0.2, 0.25) is 0 Å². The summed E-state index contributed by atoms with van der Waals surface area (Å²) < 4.78 is 19.1. The van der Waals surface area contributed by atoms with Crippen molar-refractivity contribution in [2.24, 2.45) is 5.73 Å². The highest BCUT2D eigenvalue weighted by Crippen LogP contribution is 2.26. The highest BCUT2D eigenvalue weighted by atomic mass is 35.5. The Kier molecular flexibility index (Phi) is 5.45. The van der Waals surface area contributed by atoms with Gasteiger partial charge in [-0.1, -0.05) is 35.3 Å². The Labute approximate surface area is 133 Å². The number of nitrogens with two attached hydrogens (primary N) is 1. The largest absolute Gasteiger partial charge is 0.489 e. The first-order chi connectivity index (χ1) is 9.97. The summed E-state index contributed by atoms with van der Waals surface area (Å²) in [6.45, 7) is 2.10. The predicted octanol–water partition coefficient (Wildman–Crippen LogP) is 4.60. The van der Waals surface area contributed by atoms with Crippen LogP contribution in [0, 0.1) is 5.82 Å². The van der Waals surface area contributed by atoms with Gasteiger partial charge in [-0.2, -0.15) is 0 Å². The van der Waals surface area contributed by atoms with Crippen LogP contribution >= 0.6 is 23.2 Å². The van der Waals surface area contributed by atoms with Crippen LogP contribution in [-0.2, 0) is 13.0 Å². The molecule has 2 N–H and O–H groups in total. The first-order valence-corrected chi connectivity index (χ1v) is 7.32. The van der Waals surface area contributed by atoms with Gasteiger partial charge in [0.25, 0.3) is 0 Å². The Morgan fingerprint density at radius 1 is 1.19 bits per heavy atom. The molecule has 2 aromatic carbocycles. The zero-order chi connectivity index (χ0) is 15.4. The molecule has 0 fully saturated rings. The predicted molar refractivity (Wildman–Crippen MR) is 84.5 cm³/mol. The SMILES string of the molecule is CC(N)Cc1cc(Cl)ccc1OCc1cccc(F)c1Cl. The maximum Gasteiger partial charge on any atom is 0.142 e. The monoisotopic (exact) mass is 327 g/mol. The van der Waals surface area contributed by atoms with Crippen molar-refractivity contribution < 1.29 is 9.13 Å². The van der Waals surface area contributed by atoms with Crippen LogP contribution in [0.4, 0.5) is 4.39 Å². The van der Waals surface area contributed by atoms with Crippen LogP contribution in [0.3, 0.4) is 0 Å². The van der Waals surface area contributed by atoms with Gasteiger partial charge in [-0.05, 0) is 43.2 Å². The van der Waals surface area contributed by atoms with Crippen molar-refractivity contribution in [1.29, 1.82) is 0 Å². The molecule has 0 amide bonds. The third-order valence-corrected chi connectivity index (χ3v) is 3.64. The highest BCUT2D eigenvalue weighted by molar-refractivity contribution is 6.31. The fourth-order valence-corrected chi connectivity index (χ4v) is 2.39. The van der Waals surface area contributed by atoms with E-state index in [1.54, 1.807) is 24.3 Å². The number of rotatable bonds is 5. The Hall–Kier alpha value is -1.29. The van der Waals surface area contributed by atoms with Gasteiger partial charge in [-0.3, -0.25) is 0 Å². The van der Waals surface area contributed by atoms with Crippen molar-refractivity contribution in [2.75, 3.05) is 0 Å². The summed E-state index contributed by atoms with van der Waals surface area (Å²) in [5.41, 5.74) is 7.34. The molecule has 0 bridgehead atoms. The summed E-state index contributed by atoms with van der Waals surface area (Å²) in [6, 6.07) is 9.99. The topological polar surface area (TPSA) is 35.2 Å². The van der Waals surface area contributed by atoms with Gasteiger partial charge in [-0.15, -0.1) is 0 Å². The van der Waals surface area contributed by atoms with Gasteiger partial charge < -0.3 is 10.5 Å². The first kappa shape index (κ1) is 16.1. The van der Waals surface area contributed by atoms with Crippen LogP contribution in [0.15, 0.2) is 36.4 Å². The second-order valence-electron chi connectivity index (χ2n) is 4.94. The highest BCUT2D eigenvalue weighted by Gasteiger charge is 2.10. The zero-order valence-corrected chi connectivity index (χ0v) is 13.1. The molecule has 0 aliphatic heterocycles. The van der Waals surface area contributed by atoms with Crippen LogP contribution in [-0.4, -0.2) is 6.04 Å². The van der Waals surface area contributed by atoms with Crippen LogP contribution in [0.25, 0.3) is 0 Å². The minimum atomic E-state index is -0.454. The molecule has 5 heteroatoms. The van der Waals surface area contributed by atoms with Crippen LogP contribution in [0.5, 0.6) is 5.75 Å². The van der Waals surface area contributed by atoms with Crippen molar-refractivity contribution in [1.82, 2.24) is 0 Å². The molecule has 0 heterocycles. The van der Waals surface area contributed by atoms with E-state index in [0.29, 0.717) is 22.8 Å². The van der Waals surface area contributed by atoms with E-state index >= 15 is 0 Å². The minimum Gasteiger partial charge on any atom is -0.489 e. The molecule has 0 radical (unpaired) electrons. The molecule has 0 saturated heterocycles. The summed E-state index contributed by atoms with van der Waals surface area (Å²) in [6.07, 6.45) is 0.646. The lowest BCUT2D eigenvalue weighted by molar-refractivity contribution is 0.302. The van der Waals surface area contributed by atoms with E-state index in [4.69, 9.17) is 33.7 Å². The van der Waals surface area contributed by atoms with E-state index in [1.807, 2.05) is 13.0 Å². The quantitative estimate of drug-likeness (QED) is 0.870. The van der Waals surface area contributed by atoms with Crippen molar-refractivity contribution >= 4 is 23.2 Å². The molecule has 2 aromatic rings. The fraction of sp³-hybridized carbons (Fsp3) is 0.250. The van der Waals surface area contributed by atoms with Gasteiger partial charge in [0.15, 0.2) is 0 Å². The average Bonchev–Trinajstić information content (AvgIpc) is 2.41. The van der Waals surface area contributed by atoms with Crippen LogP contribution < -0.4 is 10.5 Å². The van der Waals surface area contributed by atoms with Gasteiger partial charge in [0.05, 0.1) is 5.02 Å². The Morgan fingerprint density at radius 3 is 2.67 bits per heavy atom. The third kappa shape index (κ3) is 4.34. The zero-order valence-electron chi connectivity index (χ0n) is 11.6. The third-order valence-electron chi connectivity index (χ3n) is 2.98. The molecule has 0 saturated carbocycles. The molecule has 0 aliphatic rings. The van der Waals surface area contributed by atoms with Crippen LogP contribution in [0.2, 0.25) is 10.0 Å². The van der Waals surface area contributed by atoms with Gasteiger partial charge in [0, 0.05) is 16.6 Å². The number of benzene rings is 2. The lowest BCUT2D eigenvalue weighted by atomic mass is 10.1. The molecule has 2 rings (SSSR count). The number of ether oxygens (including phenoxy) is 1. The Balaban J connectivity index is 2.18. The van der Waals surface area contributed by atoms with Crippen molar-refractivity contribution in [3.05, 3.63) is 63.4 Å². The van der Waals surface area contributed by atoms with Crippen molar-refractivity contribution in [2.45, 2.75) is 26.0 Å². The molecule has 1 atom stereocenters. The number of hydrogen-bond acceptors (Lipinski definition) is 2.